The Morgan fingerprint density at radius 2 is 1.94 bits per heavy atom. The molecule has 0 aliphatic carbocycles. The number of rotatable bonds is 8. The van der Waals surface area contributed by atoms with Crippen molar-refractivity contribution in [3.63, 3.8) is 0 Å². The maximum absolute atomic E-state index is 13.5. The third-order valence-electron chi connectivity index (χ3n) is 5.98. The van der Waals surface area contributed by atoms with Gasteiger partial charge in [-0.1, -0.05) is 41.9 Å². The first-order valence-electron chi connectivity index (χ1n) is 11.6. The molecule has 1 aliphatic heterocycles. The van der Waals surface area contributed by atoms with Crippen LogP contribution in [0.4, 0.5) is 0 Å². The van der Waals surface area contributed by atoms with Gasteiger partial charge in [-0.3, -0.25) is 4.79 Å². The Hall–Kier alpha value is -3.55. The fourth-order valence-electron chi connectivity index (χ4n) is 4.27. The van der Waals surface area contributed by atoms with E-state index in [-0.39, 0.29) is 24.3 Å². The van der Waals surface area contributed by atoms with Crippen molar-refractivity contribution in [1.29, 1.82) is 0 Å². The van der Waals surface area contributed by atoms with Crippen LogP contribution < -0.4 is 4.74 Å². The van der Waals surface area contributed by atoms with Crippen LogP contribution in [0.1, 0.15) is 29.0 Å². The van der Waals surface area contributed by atoms with Crippen molar-refractivity contribution in [3.8, 4) is 22.9 Å². The Kier molecular flexibility index (Phi) is 6.88. The SMILES string of the molecule is Cn1nc(-c2ccccc2)c(CN(CC2CCCO2)C(=O)c2ccco2)c1Oc1ccc(Cl)cc1. The number of halogens is 1. The molecule has 3 heterocycles. The van der Waals surface area contributed by atoms with Gasteiger partial charge in [-0.05, 0) is 49.2 Å². The molecule has 35 heavy (non-hydrogen) atoms. The first kappa shape index (κ1) is 23.2. The fraction of sp³-hybridized carbons (Fsp3) is 0.259. The zero-order valence-electron chi connectivity index (χ0n) is 19.4. The van der Waals surface area contributed by atoms with E-state index in [0.29, 0.717) is 29.8 Å². The summed E-state index contributed by atoms with van der Waals surface area (Å²) >= 11 is 6.06. The Bertz CT molecular complexity index is 1260. The minimum atomic E-state index is -0.203. The van der Waals surface area contributed by atoms with Crippen LogP contribution in [0, 0.1) is 0 Å². The van der Waals surface area contributed by atoms with Crippen molar-refractivity contribution >= 4 is 17.5 Å². The molecule has 0 saturated carbocycles. The second-order valence-corrected chi connectivity index (χ2v) is 8.91. The van der Waals surface area contributed by atoms with Crippen molar-refractivity contribution in [3.05, 3.63) is 89.3 Å². The molecular weight excluding hydrogens is 466 g/mol. The second kappa shape index (κ2) is 10.4. The molecule has 1 fully saturated rings. The number of furan rings is 1. The lowest BCUT2D eigenvalue weighted by Gasteiger charge is -2.25. The van der Waals surface area contributed by atoms with Crippen molar-refractivity contribution in [2.75, 3.05) is 13.2 Å². The molecule has 8 heteroatoms. The Morgan fingerprint density at radius 3 is 2.63 bits per heavy atom. The zero-order chi connectivity index (χ0) is 24.2. The summed E-state index contributed by atoms with van der Waals surface area (Å²) < 4.78 is 19.3. The summed E-state index contributed by atoms with van der Waals surface area (Å²) in [5, 5.41) is 5.40. The first-order valence-corrected chi connectivity index (χ1v) is 12.0. The number of amides is 1. The number of aryl methyl sites for hydroxylation is 1. The van der Waals surface area contributed by atoms with Gasteiger partial charge in [0.2, 0.25) is 5.88 Å². The van der Waals surface area contributed by atoms with E-state index >= 15 is 0 Å². The molecule has 0 N–H and O–H groups in total. The van der Waals surface area contributed by atoms with E-state index in [1.54, 1.807) is 46.0 Å². The number of benzene rings is 2. The van der Waals surface area contributed by atoms with Gasteiger partial charge in [0.05, 0.1) is 24.5 Å². The molecule has 0 bridgehead atoms. The number of ether oxygens (including phenoxy) is 2. The molecule has 1 saturated heterocycles. The van der Waals surface area contributed by atoms with Gasteiger partial charge in [0.15, 0.2) is 5.76 Å². The van der Waals surface area contributed by atoms with Crippen LogP contribution in [0.3, 0.4) is 0 Å². The second-order valence-electron chi connectivity index (χ2n) is 8.48. The normalized spacial score (nSPS) is 15.3. The number of carbonyl (C=O) groups is 1. The number of hydrogen-bond acceptors (Lipinski definition) is 5. The zero-order valence-corrected chi connectivity index (χ0v) is 20.1. The maximum Gasteiger partial charge on any atom is 0.289 e. The van der Waals surface area contributed by atoms with Gasteiger partial charge in [0.1, 0.15) is 11.4 Å². The predicted octanol–water partition coefficient (Wildman–Crippen LogP) is 5.95. The predicted molar refractivity (Wildman–Crippen MR) is 133 cm³/mol. The minimum absolute atomic E-state index is 0.0219. The third-order valence-corrected chi connectivity index (χ3v) is 6.23. The Balaban J connectivity index is 1.55. The average molecular weight is 492 g/mol. The van der Waals surface area contributed by atoms with E-state index < -0.39 is 0 Å². The summed E-state index contributed by atoms with van der Waals surface area (Å²) in [6.45, 7) is 1.43. The molecule has 1 atom stereocenters. The minimum Gasteiger partial charge on any atom is -0.459 e. The van der Waals surface area contributed by atoms with Gasteiger partial charge in [-0.25, -0.2) is 4.68 Å². The van der Waals surface area contributed by atoms with Crippen LogP contribution >= 0.6 is 11.6 Å². The lowest BCUT2D eigenvalue weighted by atomic mass is 10.1. The molecule has 0 spiro atoms. The molecule has 0 radical (unpaired) electrons. The molecule has 1 aliphatic rings. The summed E-state index contributed by atoms with van der Waals surface area (Å²) in [5.41, 5.74) is 2.49. The summed E-state index contributed by atoms with van der Waals surface area (Å²) in [5.74, 6) is 1.26. The fourth-order valence-corrected chi connectivity index (χ4v) is 4.39. The molecule has 1 unspecified atom stereocenters. The smallest absolute Gasteiger partial charge is 0.289 e. The molecule has 2 aromatic heterocycles. The molecule has 5 rings (SSSR count). The quantitative estimate of drug-likeness (QED) is 0.305. The standard InChI is InChI=1S/C27H26ClN3O4/c1-30-27(35-21-13-11-20(28)12-14-21)23(25(29-30)19-7-3-2-4-8-19)18-31(17-22-9-5-15-33-22)26(32)24-10-6-16-34-24/h2-4,6-8,10-14,16,22H,5,9,15,17-18H2,1H3. The van der Waals surface area contributed by atoms with Gasteiger partial charge in [0.25, 0.3) is 5.91 Å². The maximum atomic E-state index is 13.5. The number of carbonyl (C=O) groups excluding carboxylic acids is 1. The van der Waals surface area contributed by atoms with Gasteiger partial charge < -0.3 is 18.8 Å². The van der Waals surface area contributed by atoms with E-state index in [2.05, 4.69) is 0 Å². The molecule has 4 aromatic rings. The van der Waals surface area contributed by atoms with E-state index in [9.17, 15) is 4.79 Å². The van der Waals surface area contributed by atoms with Crippen molar-refractivity contribution in [2.24, 2.45) is 7.05 Å². The van der Waals surface area contributed by atoms with Crippen LogP contribution in [0.2, 0.25) is 5.02 Å². The summed E-state index contributed by atoms with van der Waals surface area (Å²) in [6, 6.07) is 20.4. The van der Waals surface area contributed by atoms with Gasteiger partial charge in [0, 0.05) is 30.8 Å². The van der Waals surface area contributed by atoms with Crippen molar-refractivity contribution in [1.82, 2.24) is 14.7 Å². The number of hydrogen-bond donors (Lipinski definition) is 0. The van der Waals surface area contributed by atoms with E-state index in [1.807, 2.05) is 37.4 Å². The van der Waals surface area contributed by atoms with Crippen LogP contribution in [0.15, 0.2) is 77.4 Å². The monoisotopic (exact) mass is 491 g/mol. The molecular formula is C27H26ClN3O4. The average Bonchev–Trinajstić information content (AvgIpc) is 3.64. The van der Waals surface area contributed by atoms with Crippen LogP contribution in [-0.4, -0.2) is 39.8 Å². The lowest BCUT2D eigenvalue weighted by molar-refractivity contribution is 0.0483. The van der Waals surface area contributed by atoms with Crippen LogP contribution in [0.5, 0.6) is 11.6 Å². The van der Waals surface area contributed by atoms with Gasteiger partial charge >= 0.3 is 0 Å². The highest BCUT2D eigenvalue weighted by Crippen LogP contribution is 2.35. The molecule has 1 amide bonds. The highest BCUT2D eigenvalue weighted by Gasteiger charge is 2.29. The van der Waals surface area contributed by atoms with Crippen molar-refractivity contribution < 1.29 is 18.7 Å². The summed E-state index contributed by atoms with van der Waals surface area (Å²) in [4.78, 5) is 15.2. The highest BCUT2D eigenvalue weighted by atomic mass is 35.5. The van der Waals surface area contributed by atoms with Crippen LogP contribution in [0.25, 0.3) is 11.3 Å². The molecule has 7 nitrogen and oxygen atoms in total. The summed E-state index contributed by atoms with van der Waals surface area (Å²) in [6.07, 6.45) is 3.38. The number of aromatic nitrogens is 2. The van der Waals surface area contributed by atoms with E-state index in [0.717, 1.165) is 29.7 Å². The Labute approximate surface area is 208 Å². The topological polar surface area (TPSA) is 69.7 Å². The van der Waals surface area contributed by atoms with E-state index in [4.69, 9.17) is 30.6 Å². The van der Waals surface area contributed by atoms with Gasteiger partial charge in [-0.2, -0.15) is 5.10 Å². The highest BCUT2D eigenvalue weighted by molar-refractivity contribution is 6.30. The molecule has 2 aromatic carbocycles. The third kappa shape index (κ3) is 5.26. The molecule has 180 valence electrons. The van der Waals surface area contributed by atoms with Crippen LogP contribution in [-0.2, 0) is 18.3 Å². The first-order chi connectivity index (χ1) is 17.1. The number of nitrogens with zero attached hydrogens (tertiary/aromatic N) is 3. The van der Waals surface area contributed by atoms with Crippen molar-refractivity contribution in [2.45, 2.75) is 25.5 Å². The van der Waals surface area contributed by atoms with Gasteiger partial charge in [-0.15, -0.1) is 0 Å². The Morgan fingerprint density at radius 1 is 1.14 bits per heavy atom. The van der Waals surface area contributed by atoms with E-state index in [1.165, 1.54) is 6.26 Å². The lowest BCUT2D eigenvalue weighted by Crippen LogP contribution is -2.37. The summed E-state index contributed by atoms with van der Waals surface area (Å²) in [7, 11) is 1.83. The largest absolute Gasteiger partial charge is 0.459 e.